The minimum Gasteiger partial charge on any atom is -0.493 e. The van der Waals surface area contributed by atoms with Crippen LogP contribution in [-0.2, 0) is 25.6 Å². The first-order chi connectivity index (χ1) is 17.0. The number of nitrogens with zero attached hydrogens (tertiary/aromatic N) is 1. The van der Waals surface area contributed by atoms with Crippen molar-refractivity contribution >= 4 is 11.9 Å². The Kier molecular flexibility index (Phi) is 9.47. The molecule has 2 aromatic carbocycles. The van der Waals surface area contributed by atoms with E-state index >= 15 is 0 Å². The van der Waals surface area contributed by atoms with Gasteiger partial charge in [0, 0.05) is 24.5 Å². The fourth-order valence-corrected chi connectivity index (χ4v) is 3.89. The third-order valence-corrected chi connectivity index (χ3v) is 5.52. The molecule has 0 unspecified atom stereocenters. The maximum absolute atomic E-state index is 13.4. The van der Waals surface area contributed by atoms with Gasteiger partial charge >= 0.3 is 11.9 Å². The first-order valence-electron chi connectivity index (χ1n) is 12.0. The number of para-hydroxylation sites is 1. The molecule has 0 aliphatic carbocycles. The number of esters is 2. The van der Waals surface area contributed by atoms with Gasteiger partial charge in [0.1, 0.15) is 11.6 Å². The summed E-state index contributed by atoms with van der Waals surface area (Å²) in [5.41, 5.74) is 2.09. The van der Waals surface area contributed by atoms with Crippen molar-refractivity contribution in [1.29, 1.82) is 0 Å². The SMILES string of the molecule is CCCCOc1ccccc1C1C(C(=O)OCC)=CN(Cc2ccc(F)cc2)C=C1C(=O)OCC. The number of rotatable bonds is 11. The fraction of sp³-hybridized carbons (Fsp3) is 0.357. The fourth-order valence-electron chi connectivity index (χ4n) is 3.89. The van der Waals surface area contributed by atoms with Crippen LogP contribution in [0.5, 0.6) is 5.75 Å². The van der Waals surface area contributed by atoms with Crippen molar-refractivity contribution in [2.45, 2.75) is 46.1 Å². The molecule has 0 radical (unpaired) electrons. The summed E-state index contributed by atoms with van der Waals surface area (Å²) in [7, 11) is 0. The summed E-state index contributed by atoms with van der Waals surface area (Å²) in [4.78, 5) is 28.0. The van der Waals surface area contributed by atoms with Crippen molar-refractivity contribution in [2.24, 2.45) is 0 Å². The van der Waals surface area contributed by atoms with E-state index in [-0.39, 0.29) is 19.0 Å². The first-order valence-corrected chi connectivity index (χ1v) is 12.0. The lowest BCUT2D eigenvalue weighted by molar-refractivity contribution is -0.139. The molecule has 0 bridgehead atoms. The molecule has 1 heterocycles. The van der Waals surface area contributed by atoms with Crippen molar-refractivity contribution in [3.8, 4) is 5.75 Å². The molecule has 0 aromatic heterocycles. The highest BCUT2D eigenvalue weighted by atomic mass is 19.1. The Morgan fingerprint density at radius 1 is 0.886 bits per heavy atom. The molecule has 0 amide bonds. The first kappa shape index (κ1) is 26.0. The molecule has 0 saturated heterocycles. The number of benzene rings is 2. The Labute approximate surface area is 206 Å². The Bertz CT molecular complexity index is 1040. The van der Waals surface area contributed by atoms with Gasteiger partial charge in [0.15, 0.2) is 0 Å². The highest BCUT2D eigenvalue weighted by Gasteiger charge is 2.37. The predicted molar refractivity (Wildman–Crippen MR) is 131 cm³/mol. The van der Waals surface area contributed by atoms with E-state index in [1.165, 1.54) is 12.1 Å². The molecule has 2 aromatic rings. The second-order valence-corrected chi connectivity index (χ2v) is 8.08. The van der Waals surface area contributed by atoms with Gasteiger partial charge in [0.2, 0.25) is 0 Å². The van der Waals surface area contributed by atoms with Crippen LogP contribution in [0.2, 0.25) is 0 Å². The molecule has 0 fully saturated rings. The van der Waals surface area contributed by atoms with Crippen LogP contribution < -0.4 is 4.74 Å². The molecular weight excluding hydrogens is 449 g/mol. The average molecular weight is 482 g/mol. The molecule has 1 aliphatic rings. The van der Waals surface area contributed by atoms with E-state index < -0.39 is 17.9 Å². The number of hydrogen-bond acceptors (Lipinski definition) is 6. The molecule has 186 valence electrons. The summed E-state index contributed by atoms with van der Waals surface area (Å²) < 4.78 is 30.2. The summed E-state index contributed by atoms with van der Waals surface area (Å²) in [5, 5.41) is 0. The lowest BCUT2D eigenvalue weighted by atomic mass is 9.82. The third kappa shape index (κ3) is 6.72. The van der Waals surface area contributed by atoms with Gasteiger partial charge in [-0.15, -0.1) is 0 Å². The maximum Gasteiger partial charge on any atom is 0.336 e. The van der Waals surface area contributed by atoms with Gasteiger partial charge in [-0.2, -0.15) is 0 Å². The smallest absolute Gasteiger partial charge is 0.336 e. The van der Waals surface area contributed by atoms with Gasteiger partial charge in [-0.25, -0.2) is 14.0 Å². The number of ether oxygens (including phenoxy) is 3. The zero-order chi connectivity index (χ0) is 25.2. The van der Waals surface area contributed by atoms with Crippen molar-refractivity contribution in [2.75, 3.05) is 19.8 Å². The van der Waals surface area contributed by atoms with Gasteiger partial charge in [0.25, 0.3) is 0 Å². The normalized spacial score (nSPS) is 13.7. The van der Waals surface area contributed by atoms with Crippen molar-refractivity contribution in [3.05, 3.63) is 89.0 Å². The number of unbranched alkanes of at least 4 members (excludes halogenated alkanes) is 1. The van der Waals surface area contributed by atoms with Crippen LogP contribution in [0.25, 0.3) is 0 Å². The molecule has 35 heavy (non-hydrogen) atoms. The minimum atomic E-state index is -0.726. The number of halogens is 1. The molecule has 0 spiro atoms. The summed E-state index contributed by atoms with van der Waals surface area (Å²) in [6.07, 6.45) is 5.21. The lowest BCUT2D eigenvalue weighted by Crippen LogP contribution is -2.29. The van der Waals surface area contributed by atoms with Crippen LogP contribution in [0.15, 0.2) is 72.1 Å². The zero-order valence-electron chi connectivity index (χ0n) is 20.5. The van der Waals surface area contributed by atoms with Gasteiger partial charge in [-0.3, -0.25) is 0 Å². The second-order valence-electron chi connectivity index (χ2n) is 8.08. The van der Waals surface area contributed by atoms with Crippen LogP contribution >= 0.6 is 0 Å². The lowest BCUT2D eigenvalue weighted by Gasteiger charge is -2.31. The zero-order valence-corrected chi connectivity index (χ0v) is 20.5. The van der Waals surface area contributed by atoms with Crippen LogP contribution in [0.4, 0.5) is 4.39 Å². The molecule has 6 nitrogen and oxygen atoms in total. The molecule has 3 rings (SSSR count). The Balaban J connectivity index is 2.08. The van der Waals surface area contributed by atoms with Crippen molar-refractivity contribution in [1.82, 2.24) is 4.90 Å². The summed E-state index contributed by atoms with van der Waals surface area (Å²) in [5.74, 6) is -1.52. The average Bonchev–Trinajstić information content (AvgIpc) is 2.86. The Morgan fingerprint density at radius 3 is 2.06 bits per heavy atom. The minimum absolute atomic E-state index is 0.188. The molecular formula is C28H32FNO5. The highest BCUT2D eigenvalue weighted by Crippen LogP contribution is 2.41. The Morgan fingerprint density at radius 2 is 1.49 bits per heavy atom. The second kappa shape index (κ2) is 12.7. The Hall–Kier alpha value is -3.61. The van der Waals surface area contributed by atoms with Crippen LogP contribution in [0, 0.1) is 5.82 Å². The van der Waals surface area contributed by atoms with E-state index in [2.05, 4.69) is 6.92 Å². The largest absolute Gasteiger partial charge is 0.493 e. The highest BCUT2D eigenvalue weighted by molar-refractivity contribution is 5.99. The van der Waals surface area contributed by atoms with Gasteiger partial charge in [0.05, 0.1) is 36.9 Å². The molecule has 0 saturated carbocycles. The topological polar surface area (TPSA) is 65.1 Å². The van der Waals surface area contributed by atoms with Gasteiger partial charge < -0.3 is 19.1 Å². The third-order valence-electron chi connectivity index (χ3n) is 5.52. The van der Waals surface area contributed by atoms with Crippen LogP contribution in [0.1, 0.15) is 50.7 Å². The summed E-state index contributed by atoms with van der Waals surface area (Å²) in [6, 6.07) is 13.5. The molecule has 7 heteroatoms. The predicted octanol–water partition coefficient (Wildman–Crippen LogP) is 5.50. The van der Waals surface area contributed by atoms with E-state index in [9.17, 15) is 14.0 Å². The molecule has 0 N–H and O–H groups in total. The van der Waals surface area contributed by atoms with E-state index in [0.29, 0.717) is 35.6 Å². The van der Waals surface area contributed by atoms with Crippen molar-refractivity contribution < 1.29 is 28.2 Å². The summed E-state index contributed by atoms with van der Waals surface area (Å²) in [6.45, 7) is 6.77. The quantitative estimate of drug-likeness (QED) is 0.312. The monoisotopic (exact) mass is 481 g/mol. The maximum atomic E-state index is 13.4. The van der Waals surface area contributed by atoms with Crippen LogP contribution in [0.3, 0.4) is 0 Å². The van der Waals surface area contributed by atoms with Gasteiger partial charge in [-0.05, 0) is 44.0 Å². The van der Waals surface area contributed by atoms with E-state index in [0.717, 1.165) is 18.4 Å². The number of carbonyl (C=O) groups is 2. The van der Waals surface area contributed by atoms with Crippen molar-refractivity contribution in [3.63, 3.8) is 0 Å². The number of hydrogen-bond donors (Lipinski definition) is 0. The summed E-state index contributed by atoms with van der Waals surface area (Å²) >= 11 is 0. The van der Waals surface area contributed by atoms with E-state index in [1.807, 2.05) is 24.3 Å². The molecule has 1 aliphatic heterocycles. The van der Waals surface area contributed by atoms with E-state index in [1.54, 1.807) is 43.3 Å². The van der Waals surface area contributed by atoms with Crippen LogP contribution in [-0.4, -0.2) is 36.7 Å². The van der Waals surface area contributed by atoms with E-state index in [4.69, 9.17) is 14.2 Å². The molecule has 0 atom stereocenters. The van der Waals surface area contributed by atoms with Gasteiger partial charge in [-0.1, -0.05) is 43.7 Å². The standard InChI is InChI=1S/C28H32FNO5/c1-4-7-16-35-25-11-9-8-10-22(25)26-23(27(31)33-5-2)18-30(19-24(26)28(32)34-6-3)17-20-12-14-21(29)15-13-20/h8-15,18-19,26H,4-7,16-17H2,1-3H3. The number of carbonyl (C=O) groups excluding carboxylic acids is 2.